The minimum atomic E-state index is -4.99. The van der Waals surface area contributed by atoms with E-state index in [9.17, 15) is 43.2 Å². The van der Waals surface area contributed by atoms with Crippen molar-refractivity contribution in [2.75, 3.05) is 39.6 Å². The van der Waals surface area contributed by atoms with Crippen LogP contribution in [-0.2, 0) is 65.4 Å². The molecule has 3 N–H and O–H groups in total. The zero-order chi connectivity index (χ0) is 76.0. The van der Waals surface area contributed by atoms with E-state index in [2.05, 4.69) is 131 Å². The summed E-state index contributed by atoms with van der Waals surface area (Å²) in [4.78, 5) is 73.0. The van der Waals surface area contributed by atoms with Gasteiger partial charge in [-0.1, -0.05) is 329 Å². The molecule has 598 valence electrons. The van der Waals surface area contributed by atoms with Crippen molar-refractivity contribution in [1.82, 2.24) is 0 Å². The lowest BCUT2D eigenvalue weighted by Crippen LogP contribution is -2.30. The van der Waals surface area contributed by atoms with Crippen molar-refractivity contribution in [1.29, 1.82) is 0 Å². The first-order valence-corrected chi connectivity index (χ1v) is 43.8. The average Bonchev–Trinajstić information content (AvgIpc) is 0.939. The lowest BCUT2D eigenvalue weighted by molar-refractivity contribution is -0.161. The molecule has 0 fully saturated rings. The number of ether oxygens (including phenoxy) is 4. The largest absolute Gasteiger partial charge is 0.472 e. The first-order valence-electron chi connectivity index (χ1n) is 40.8. The maximum atomic E-state index is 13.1. The smallest absolute Gasteiger partial charge is 0.462 e. The third-order valence-electron chi connectivity index (χ3n) is 17.0. The third-order valence-corrected chi connectivity index (χ3v) is 18.9. The lowest BCUT2D eigenvalue weighted by atomic mass is 10.0. The molecule has 0 aromatic rings. The fourth-order valence-corrected chi connectivity index (χ4v) is 12.4. The van der Waals surface area contributed by atoms with Gasteiger partial charge in [-0.25, -0.2) is 9.13 Å². The summed E-state index contributed by atoms with van der Waals surface area (Å²) in [6.07, 6.45) is 84.7. The molecule has 0 heterocycles. The van der Waals surface area contributed by atoms with Crippen LogP contribution in [-0.4, -0.2) is 96.7 Å². The molecule has 104 heavy (non-hydrogen) atoms. The van der Waals surface area contributed by atoms with Crippen LogP contribution in [0.2, 0.25) is 0 Å². The second-order valence-electron chi connectivity index (χ2n) is 27.0. The highest BCUT2D eigenvalue weighted by molar-refractivity contribution is 7.47. The van der Waals surface area contributed by atoms with Crippen LogP contribution in [0.1, 0.15) is 336 Å². The molecule has 0 aromatic heterocycles. The number of unbranched alkanes of at least 4 members (excludes halogenated alkanes) is 30. The zero-order valence-corrected chi connectivity index (χ0v) is 67.2. The number of esters is 4. The molecule has 0 aromatic carbocycles. The number of aliphatic hydroxyl groups excluding tert-OH is 1. The molecule has 17 nitrogen and oxygen atoms in total. The van der Waals surface area contributed by atoms with Gasteiger partial charge in [-0.05, 0) is 103 Å². The summed E-state index contributed by atoms with van der Waals surface area (Å²) in [7, 11) is -9.98. The summed E-state index contributed by atoms with van der Waals surface area (Å²) >= 11 is 0. The van der Waals surface area contributed by atoms with Crippen molar-refractivity contribution < 1.29 is 80.2 Å². The fourth-order valence-electron chi connectivity index (χ4n) is 10.8. The van der Waals surface area contributed by atoms with Gasteiger partial charge in [0.1, 0.15) is 19.3 Å². The molecule has 0 saturated heterocycles. The van der Waals surface area contributed by atoms with Gasteiger partial charge in [-0.15, -0.1) is 0 Å². The number of carbonyl (C=O) groups is 4. The molecule has 0 aliphatic heterocycles. The van der Waals surface area contributed by atoms with Gasteiger partial charge in [0.2, 0.25) is 0 Å². The topological polar surface area (TPSA) is 237 Å². The molecule has 0 radical (unpaired) electrons. The average molecular weight is 1500 g/mol. The summed E-state index contributed by atoms with van der Waals surface area (Å²) < 4.78 is 68.6. The molecule has 0 bridgehead atoms. The second kappa shape index (κ2) is 76.6. The predicted octanol–water partition coefficient (Wildman–Crippen LogP) is 23.9. The number of hydrogen-bond donors (Lipinski definition) is 3. The first kappa shape index (κ1) is 99.5. The Morgan fingerprint density at radius 1 is 0.279 bits per heavy atom. The van der Waals surface area contributed by atoms with Crippen molar-refractivity contribution in [3.05, 3.63) is 122 Å². The van der Waals surface area contributed by atoms with E-state index in [-0.39, 0.29) is 25.7 Å². The van der Waals surface area contributed by atoms with Crippen LogP contribution in [0, 0.1) is 0 Å². The number of hydrogen-bond acceptors (Lipinski definition) is 15. The van der Waals surface area contributed by atoms with Crippen molar-refractivity contribution in [2.45, 2.75) is 354 Å². The summed E-state index contributed by atoms with van der Waals surface area (Å²) in [6, 6.07) is 0. The fraction of sp³-hybridized carbons (Fsp3) is 0.718. The Hall–Kier alpha value is -4.54. The second-order valence-corrected chi connectivity index (χ2v) is 29.9. The number of carbonyl (C=O) groups excluding carboxylic acids is 4. The van der Waals surface area contributed by atoms with Gasteiger partial charge in [-0.2, -0.15) is 0 Å². The maximum Gasteiger partial charge on any atom is 0.472 e. The van der Waals surface area contributed by atoms with Crippen LogP contribution >= 0.6 is 15.6 Å². The van der Waals surface area contributed by atoms with Gasteiger partial charge in [0.25, 0.3) is 0 Å². The normalized spacial score (nSPS) is 14.5. The monoisotopic (exact) mass is 1500 g/mol. The van der Waals surface area contributed by atoms with Gasteiger partial charge < -0.3 is 33.8 Å². The Morgan fingerprint density at radius 2 is 0.519 bits per heavy atom. The van der Waals surface area contributed by atoms with Crippen molar-refractivity contribution in [2.24, 2.45) is 0 Å². The molecule has 0 aliphatic rings. The summed E-state index contributed by atoms with van der Waals surface area (Å²) in [5, 5.41) is 10.6. The SMILES string of the molecule is CC/C=C\C/C=C\C/C=C\C/C=C\C/C=C\C/C=C\CCC(=O)OCC(COP(=O)(O)OCC(O)COP(=O)(O)OCC(COC(=O)CCCCCC/C=C\C/C=C\C/C=C\C/C=C\CC)OC(=O)CCCCCCCCCCCCCCCCC)OC(=O)CCCCCCCCCCCCCCC. The minimum Gasteiger partial charge on any atom is -0.462 e. The van der Waals surface area contributed by atoms with Crippen molar-refractivity contribution in [3.63, 3.8) is 0 Å². The van der Waals surface area contributed by atoms with E-state index >= 15 is 0 Å². The first-order chi connectivity index (χ1) is 50.7. The van der Waals surface area contributed by atoms with Crippen LogP contribution in [0.15, 0.2) is 122 Å². The van der Waals surface area contributed by atoms with Crippen molar-refractivity contribution in [3.8, 4) is 0 Å². The molecule has 0 amide bonds. The Kier molecular flexibility index (Phi) is 73.3. The standard InChI is InChI=1S/C85H146O17P2/c1-5-9-13-17-21-25-29-33-36-38-39-41-44-47-50-54-58-62-66-70-83(88)95-75-80(101-84(89)71-67-63-59-55-51-45-32-28-24-20-16-12-8-4)77-99-103(91,92)97-73-79(86)74-98-104(93,94)100-78-81(102-85(90)72-68-64-60-56-52-48-42-35-31-27-23-19-15-11-7-3)76-96-82(87)69-65-61-57-53-49-46-43-40-37-34-30-26-22-18-14-10-6-2/h9-10,13-14,21-22,25-26,33-34,36-37,39,41,43,46-47,50,58,62,79-81,86H,5-8,11-12,15-20,23-24,27-32,35,38,40,42,44-45,48-49,51-57,59-61,63-78H2,1-4H3,(H,91,92)(H,93,94)/b13-9-,14-10-,25-21-,26-22-,36-33-,37-34-,41-39-,46-43-,50-47-,62-58-. The predicted molar refractivity (Wildman–Crippen MR) is 427 cm³/mol. The van der Waals surface area contributed by atoms with Gasteiger partial charge in [0.15, 0.2) is 12.2 Å². The van der Waals surface area contributed by atoms with Gasteiger partial charge in [0, 0.05) is 25.7 Å². The van der Waals surface area contributed by atoms with E-state index in [0.717, 1.165) is 135 Å². The van der Waals surface area contributed by atoms with Crippen LogP contribution < -0.4 is 0 Å². The van der Waals surface area contributed by atoms with E-state index in [1.54, 1.807) is 0 Å². The lowest BCUT2D eigenvalue weighted by Gasteiger charge is -2.21. The minimum absolute atomic E-state index is 0.0364. The number of phosphoric ester groups is 2. The van der Waals surface area contributed by atoms with Crippen LogP contribution in [0.4, 0.5) is 0 Å². The van der Waals surface area contributed by atoms with E-state index in [0.29, 0.717) is 32.1 Å². The molecule has 0 rings (SSSR count). The molecule has 19 heteroatoms. The Balaban J connectivity index is 5.41. The van der Waals surface area contributed by atoms with E-state index in [1.807, 2.05) is 18.2 Å². The Labute approximate surface area is 632 Å². The molecule has 0 aliphatic carbocycles. The molecule has 5 unspecified atom stereocenters. The number of rotatable bonds is 76. The van der Waals surface area contributed by atoms with Crippen molar-refractivity contribution >= 4 is 39.5 Å². The highest BCUT2D eigenvalue weighted by Crippen LogP contribution is 2.45. The van der Waals surface area contributed by atoms with E-state index in [1.165, 1.54) is 116 Å². The number of aliphatic hydroxyl groups is 1. The highest BCUT2D eigenvalue weighted by Gasteiger charge is 2.30. The number of phosphoric acid groups is 2. The molecule has 0 spiro atoms. The third kappa shape index (κ3) is 75.7. The van der Waals surface area contributed by atoms with E-state index < -0.39 is 97.5 Å². The number of allylic oxidation sites excluding steroid dienone is 20. The van der Waals surface area contributed by atoms with E-state index in [4.69, 9.17) is 37.0 Å². The molecule has 0 saturated carbocycles. The quantitative estimate of drug-likeness (QED) is 0.0169. The van der Waals surface area contributed by atoms with Crippen LogP contribution in [0.5, 0.6) is 0 Å². The van der Waals surface area contributed by atoms with Crippen LogP contribution in [0.3, 0.4) is 0 Å². The molecular formula is C85H146O17P2. The van der Waals surface area contributed by atoms with Gasteiger partial charge >= 0.3 is 39.5 Å². The Morgan fingerprint density at radius 3 is 0.827 bits per heavy atom. The highest BCUT2D eigenvalue weighted by atomic mass is 31.2. The van der Waals surface area contributed by atoms with Gasteiger partial charge in [0.05, 0.1) is 26.4 Å². The maximum absolute atomic E-state index is 13.1. The Bertz CT molecular complexity index is 2440. The molecule has 5 atom stereocenters. The molecular weight excluding hydrogens is 1350 g/mol. The van der Waals surface area contributed by atoms with Crippen LogP contribution in [0.25, 0.3) is 0 Å². The summed E-state index contributed by atoms with van der Waals surface area (Å²) in [5.74, 6) is -2.28. The van der Waals surface area contributed by atoms with Gasteiger partial charge in [-0.3, -0.25) is 37.3 Å². The summed E-state index contributed by atoms with van der Waals surface area (Å²) in [5.41, 5.74) is 0. The summed E-state index contributed by atoms with van der Waals surface area (Å²) in [6.45, 7) is 4.58. The zero-order valence-electron chi connectivity index (χ0n) is 65.4.